The third kappa shape index (κ3) is 5.97. The van der Waals surface area contributed by atoms with E-state index in [2.05, 4.69) is 252 Å². The summed E-state index contributed by atoms with van der Waals surface area (Å²) in [5.41, 5.74) is 15.3. The summed E-state index contributed by atoms with van der Waals surface area (Å²) in [4.78, 5) is 2.39. The van der Waals surface area contributed by atoms with Crippen LogP contribution in [0.25, 0.3) is 104 Å². The van der Waals surface area contributed by atoms with Gasteiger partial charge in [-0.05, 0) is 87.4 Å². The highest BCUT2D eigenvalue weighted by molar-refractivity contribution is 6.18. The van der Waals surface area contributed by atoms with Gasteiger partial charge in [-0.3, -0.25) is 0 Å². The Morgan fingerprint density at radius 2 is 0.769 bits per heavy atom. The van der Waals surface area contributed by atoms with Crippen LogP contribution in [-0.2, 0) is 0 Å². The summed E-state index contributed by atoms with van der Waals surface area (Å²) in [5.74, 6) is 0. The van der Waals surface area contributed by atoms with Crippen LogP contribution in [0.15, 0.2) is 247 Å². The fourth-order valence-corrected chi connectivity index (χ4v) is 10.2. The summed E-state index contributed by atoms with van der Waals surface area (Å²) in [6.07, 6.45) is 0. The standard InChI is InChI=1S/C62H40N2O/c1-3-18-47-41(15-1)17-13-24-48(47)43-31-36-45(37-32-43)63(58-28-10-8-23-53(58)54-25-14-26-55-56-40-35-42-16-2-4-20-50(42)61(56)65-62(54)55)46-38-33-44(34-39-46)49-19-5-9-27-57(49)64-59-29-11-6-21-51(59)52-22-7-12-30-60(52)64/h1-40H. The Kier molecular flexibility index (Phi) is 8.53. The number of furan rings is 1. The van der Waals surface area contributed by atoms with Crippen LogP contribution in [0.4, 0.5) is 17.1 Å². The second kappa shape index (κ2) is 15.0. The molecule has 0 unspecified atom stereocenters. The van der Waals surface area contributed by atoms with Crippen LogP contribution in [0.5, 0.6) is 0 Å². The molecule has 0 aliphatic heterocycles. The summed E-state index contributed by atoms with van der Waals surface area (Å²) in [6.45, 7) is 0. The maximum absolute atomic E-state index is 6.94. The normalized spacial score (nSPS) is 11.7. The first-order valence-electron chi connectivity index (χ1n) is 22.3. The fraction of sp³-hybridized carbons (Fsp3) is 0. The minimum absolute atomic E-state index is 0.884. The van der Waals surface area contributed by atoms with E-state index in [1.54, 1.807) is 0 Å². The van der Waals surface area contributed by atoms with Crippen molar-refractivity contribution in [2.75, 3.05) is 4.90 Å². The second-order valence-electron chi connectivity index (χ2n) is 16.8. The predicted molar refractivity (Wildman–Crippen MR) is 274 cm³/mol. The molecular weight excluding hydrogens is 789 g/mol. The molecule has 3 heteroatoms. The highest BCUT2D eigenvalue weighted by Gasteiger charge is 2.22. The minimum Gasteiger partial charge on any atom is -0.455 e. The lowest BCUT2D eigenvalue weighted by molar-refractivity contribution is 0.674. The quantitative estimate of drug-likeness (QED) is 0.160. The molecule has 0 saturated heterocycles. The van der Waals surface area contributed by atoms with Gasteiger partial charge in [0.2, 0.25) is 0 Å². The maximum atomic E-state index is 6.94. The van der Waals surface area contributed by atoms with Crippen LogP contribution < -0.4 is 4.90 Å². The lowest BCUT2D eigenvalue weighted by Crippen LogP contribution is -2.11. The van der Waals surface area contributed by atoms with Crippen LogP contribution >= 0.6 is 0 Å². The number of fused-ring (bicyclic) bond motifs is 9. The van der Waals surface area contributed by atoms with Crippen molar-refractivity contribution in [3.8, 4) is 39.1 Å². The predicted octanol–water partition coefficient (Wildman–Crippen LogP) is 17.5. The Balaban J connectivity index is 0.978. The molecule has 3 nitrogen and oxygen atoms in total. The third-order valence-corrected chi connectivity index (χ3v) is 13.2. The lowest BCUT2D eigenvalue weighted by atomic mass is 9.97. The number of hydrogen-bond acceptors (Lipinski definition) is 2. The summed E-state index contributed by atoms with van der Waals surface area (Å²) in [5, 5.41) is 9.49. The Bertz CT molecular complexity index is 3890. The van der Waals surface area contributed by atoms with E-state index in [0.717, 1.165) is 66.8 Å². The van der Waals surface area contributed by atoms with Gasteiger partial charge >= 0.3 is 0 Å². The van der Waals surface area contributed by atoms with E-state index < -0.39 is 0 Å². The van der Waals surface area contributed by atoms with Crippen molar-refractivity contribution >= 4 is 82.4 Å². The molecule has 65 heavy (non-hydrogen) atoms. The second-order valence-corrected chi connectivity index (χ2v) is 16.8. The molecule has 0 aliphatic carbocycles. The molecule has 0 spiro atoms. The van der Waals surface area contributed by atoms with Crippen molar-refractivity contribution in [2.45, 2.75) is 0 Å². The summed E-state index contributed by atoms with van der Waals surface area (Å²) >= 11 is 0. The first-order valence-corrected chi connectivity index (χ1v) is 22.3. The van der Waals surface area contributed by atoms with E-state index >= 15 is 0 Å². The lowest BCUT2D eigenvalue weighted by Gasteiger charge is -2.28. The van der Waals surface area contributed by atoms with Crippen molar-refractivity contribution in [3.05, 3.63) is 243 Å². The molecule has 13 aromatic rings. The van der Waals surface area contributed by atoms with E-state index in [1.165, 1.54) is 54.7 Å². The van der Waals surface area contributed by atoms with Crippen molar-refractivity contribution in [3.63, 3.8) is 0 Å². The highest BCUT2D eigenvalue weighted by Crippen LogP contribution is 2.46. The molecule has 0 bridgehead atoms. The van der Waals surface area contributed by atoms with Gasteiger partial charge in [-0.25, -0.2) is 0 Å². The van der Waals surface area contributed by atoms with Gasteiger partial charge in [-0.1, -0.05) is 188 Å². The number of aromatic nitrogens is 1. The molecule has 0 aliphatic rings. The molecule has 2 aromatic heterocycles. The van der Waals surface area contributed by atoms with Crippen molar-refractivity contribution in [1.29, 1.82) is 0 Å². The Hall–Kier alpha value is -8.66. The number of nitrogens with zero attached hydrogens (tertiary/aromatic N) is 2. The Morgan fingerprint density at radius 1 is 0.292 bits per heavy atom. The minimum atomic E-state index is 0.884. The van der Waals surface area contributed by atoms with Gasteiger partial charge in [0.15, 0.2) is 0 Å². The zero-order chi connectivity index (χ0) is 42.8. The highest BCUT2D eigenvalue weighted by atomic mass is 16.3. The molecular formula is C62H40N2O. The molecule has 2 heterocycles. The van der Waals surface area contributed by atoms with Gasteiger partial charge in [-0.15, -0.1) is 0 Å². The number of benzene rings is 11. The van der Waals surface area contributed by atoms with Crippen LogP contribution in [-0.4, -0.2) is 4.57 Å². The summed E-state index contributed by atoms with van der Waals surface area (Å²) < 4.78 is 9.35. The molecule has 11 aromatic carbocycles. The monoisotopic (exact) mass is 828 g/mol. The van der Waals surface area contributed by atoms with E-state index in [4.69, 9.17) is 4.42 Å². The summed E-state index contributed by atoms with van der Waals surface area (Å²) in [6, 6.07) is 87.6. The van der Waals surface area contributed by atoms with Gasteiger partial charge < -0.3 is 13.9 Å². The SMILES string of the molecule is c1ccc(N(c2ccc(-c3ccccc3-n3c4ccccc4c4ccccc43)cc2)c2ccc(-c3cccc4ccccc34)cc2)c(-c2cccc3c2oc2c4ccccc4ccc32)c1. The topological polar surface area (TPSA) is 21.3 Å². The fourth-order valence-electron chi connectivity index (χ4n) is 10.2. The van der Waals surface area contributed by atoms with Crippen molar-refractivity contribution < 1.29 is 4.42 Å². The molecule has 0 fully saturated rings. The number of rotatable bonds is 7. The van der Waals surface area contributed by atoms with Crippen LogP contribution in [0.3, 0.4) is 0 Å². The third-order valence-electron chi connectivity index (χ3n) is 13.2. The van der Waals surface area contributed by atoms with Gasteiger partial charge in [0.05, 0.1) is 22.4 Å². The first kappa shape index (κ1) is 36.9. The largest absolute Gasteiger partial charge is 0.455 e. The van der Waals surface area contributed by atoms with E-state index in [1.807, 2.05) is 0 Å². The van der Waals surface area contributed by atoms with Crippen molar-refractivity contribution in [2.24, 2.45) is 0 Å². The number of para-hydroxylation sites is 5. The smallest absolute Gasteiger partial charge is 0.143 e. The zero-order valence-electron chi connectivity index (χ0n) is 35.4. The van der Waals surface area contributed by atoms with Crippen LogP contribution in [0.2, 0.25) is 0 Å². The van der Waals surface area contributed by atoms with Gasteiger partial charge in [0.1, 0.15) is 11.2 Å². The zero-order valence-corrected chi connectivity index (χ0v) is 35.4. The van der Waals surface area contributed by atoms with Crippen LogP contribution in [0.1, 0.15) is 0 Å². The molecule has 13 rings (SSSR count). The average molecular weight is 829 g/mol. The molecule has 0 amide bonds. The molecule has 0 N–H and O–H groups in total. The molecule has 0 radical (unpaired) electrons. The number of anilines is 3. The van der Waals surface area contributed by atoms with Gasteiger partial charge in [0.25, 0.3) is 0 Å². The van der Waals surface area contributed by atoms with Crippen molar-refractivity contribution in [1.82, 2.24) is 4.57 Å². The maximum Gasteiger partial charge on any atom is 0.143 e. The molecule has 0 atom stereocenters. The summed E-state index contributed by atoms with van der Waals surface area (Å²) in [7, 11) is 0. The Labute approximate surface area is 376 Å². The van der Waals surface area contributed by atoms with Gasteiger partial charge in [0, 0.05) is 55.0 Å². The average Bonchev–Trinajstić information content (AvgIpc) is 3.93. The Morgan fingerprint density at radius 3 is 1.49 bits per heavy atom. The van der Waals surface area contributed by atoms with E-state index in [-0.39, 0.29) is 0 Å². The van der Waals surface area contributed by atoms with E-state index in [0.29, 0.717) is 0 Å². The van der Waals surface area contributed by atoms with Crippen LogP contribution in [0, 0.1) is 0 Å². The van der Waals surface area contributed by atoms with E-state index in [9.17, 15) is 0 Å². The first-order chi connectivity index (χ1) is 32.3. The molecule has 0 saturated carbocycles. The van der Waals surface area contributed by atoms with Gasteiger partial charge in [-0.2, -0.15) is 0 Å². The molecule has 304 valence electrons. The number of hydrogen-bond donors (Lipinski definition) is 0.